The predicted molar refractivity (Wildman–Crippen MR) is 159 cm³/mol. The molecule has 5 aromatic carbocycles. The number of para-hydroxylation sites is 2. The number of aryl methyl sites for hydroxylation is 1. The number of hydrogen-bond donors (Lipinski definition) is 0. The van der Waals surface area contributed by atoms with Crippen molar-refractivity contribution in [3.8, 4) is 28.3 Å². The van der Waals surface area contributed by atoms with Crippen molar-refractivity contribution in [3.05, 3.63) is 127 Å². The van der Waals surface area contributed by atoms with Crippen molar-refractivity contribution in [2.75, 3.05) is 0 Å². The molecular weight excluding hydrogens is 497 g/mol. The van der Waals surface area contributed by atoms with E-state index in [4.69, 9.17) is 18.5 Å². The molecule has 0 N–H and O–H groups in total. The van der Waals surface area contributed by atoms with Gasteiger partial charge in [-0.2, -0.15) is 0 Å². The van der Waals surface area contributed by atoms with Crippen molar-refractivity contribution in [3.63, 3.8) is 0 Å². The Labute approximate surface area is 233 Å². The highest BCUT2D eigenvalue weighted by molar-refractivity contribution is 6.09. The molecule has 0 atom stereocenters. The van der Waals surface area contributed by atoms with E-state index in [0.29, 0.717) is 45.0 Å². The van der Waals surface area contributed by atoms with Gasteiger partial charge in [-0.25, -0.2) is 14.4 Å². The molecule has 0 unspecified atom stereocenters. The van der Waals surface area contributed by atoms with Crippen LogP contribution in [0.2, 0.25) is 0 Å². The Morgan fingerprint density at radius 2 is 1.55 bits per heavy atom. The van der Waals surface area contributed by atoms with Gasteiger partial charge in [0.25, 0.3) is 0 Å². The molecule has 0 saturated carbocycles. The molecule has 0 radical (unpaired) electrons. The fraction of sp³-hybridized carbons (Fsp3) is 0.0286. The van der Waals surface area contributed by atoms with E-state index in [1.165, 1.54) is 6.07 Å². The van der Waals surface area contributed by atoms with Gasteiger partial charge in [0.1, 0.15) is 22.7 Å². The fourth-order valence-corrected chi connectivity index (χ4v) is 5.54. The third kappa shape index (κ3) is 3.38. The average Bonchev–Trinajstić information content (AvgIpc) is 3.59. The van der Waals surface area contributed by atoms with Crippen LogP contribution in [0.3, 0.4) is 0 Å². The minimum atomic E-state index is -2.29. The van der Waals surface area contributed by atoms with Crippen LogP contribution >= 0.6 is 0 Å². The first kappa shape index (κ1) is 19.7. The first-order valence-corrected chi connectivity index (χ1v) is 13.0. The van der Waals surface area contributed by atoms with E-state index in [9.17, 15) is 0 Å². The van der Waals surface area contributed by atoms with Crippen LogP contribution in [0, 0.1) is 12.7 Å². The van der Waals surface area contributed by atoms with Gasteiger partial charge in [-0.1, -0.05) is 72.8 Å². The molecule has 8 aromatic rings. The molecule has 0 saturated heterocycles. The van der Waals surface area contributed by atoms with E-state index in [0.717, 1.165) is 27.2 Å². The number of nitrogens with zero attached hydrogens (tertiary/aromatic N) is 3. The SMILES string of the molecule is [2H]C([2H])([2H])c1ccccc1-c1ccc2c(n1)oc1c(-c3nc4cccc(F)c4n3-c3ccc4ccccc4c3)cccc12. The maximum absolute atomic E-state index is 15.4. The summed E-state index contributed by atoms with van der Waals surface area (Å²) >= 11 is 0. The van der Waals surface area contributed by atoms with Gasteiger partial charge >= 0.3 is 0 Å². The van der Waals surface area contributed by atoms with Gasteiger partial charge in [-0.15, -0.1) is 0 Å². The lowest BCUT2D eigenvalue weighted by molar-refractivity contribution is 0.634. The van der Waals surface area contributed by atoms with Crippen LogP contribution in [0.15, 0.2) is 120 Å². The quantitative estimate of drug-likeness (QED) is 0.232. The second kappa shape index (κ2) is 8.61. The van der Waals surface area contributed by atoms with Gasteiger partial charge < -0.3 is 4.42 Å². The maximum atomic E-state index is 15.4. The molecule has 3 aromatic heterocycles. The summed E-state index contributed by atoms with van der Waals surface area (Å²) in [5.41, 5.74) is 4.55. The zero-order valence-corrected chi connectivity index (χ0v) is 21.1. The lowest BCUT2D eigenvalue weighted by atomic mass is 10.0. The van der Waals surface area contributed by atoms with Crippen LogP contribution in [0.5, 0.6) is 0 Å². The molecular formula is C35H22FN3O. The number of hydrogen-bond acceptors (Lipinski definition) is 3. The molecule has 4 nitrogen and oxygen atoms in total. The summed E-state index contributed by atoms with van der Waals surface area (Å²) in [4.78, 5) is 9.66. The van der Waals surface area contributed by atoms with Gasteiger partial charge in [0.05, 0.1) is 16.8 Å². The van der Waals surface area contributed by atoms with Crippen LogP contribution in [0.1, 0.15) is 9.68 Å². The van der Waals surface area contributed by atoms with Gasteiger partial charge in [-0.05, 0) is 65.7 Å². The highest BCUT2D eigenvalue weighted by atomic mass is 19.1. The number of aromatic nitrogens is 3. The van der Waals surface area contributed by atoms with E-state index in [2.05, 4.69) is 0 Å². The summed E-state index contributed by atoms with van der Waals surface area (Å²) in [7, 11) is 0. The zero-order valence-electron chi connectivity index (χ0n) is 24.1. The first-order valence-electron chi connectivity index (χ1n) is 14.5. The Balaban J connectivity index is 1.37. The minimum Gasteiger partial charge on any atom is -0.437 e. The van der Waals surface area contributed by atoms with E-state index in [1.807, 2.05) is 77.4 Å². The largest absolute Gasteiger partial charge is 0.437 e. The molecule has 0 fully saturated rings. The monoisotopic (exact) mass is 522 g/mol. The zero-order chi connectivity index (χ0) is 29.3. The van der Waals surface area contributed by atoms with Crippen molar-refractivity contribution in [1.82, 2.24) is 14.5 Å². The third-order valence-electron chi connectivity index (χ3n) is 7.43. The molecule has 190 valence electrons. The van der Waals surface area contributed by atoms with Crippen LogP contribution < -0.4 is 0 Å². The summed E-state index contributed by atoms with van der Waals surface area (Å²) in [6.45, 7) is -2.29. The number of halogens is 1. The van der Waals surface area contributed by atoms with Gasteiger partial charge in [0.15, 0.2) is 0 Å². The van der Waals surface area contributed by atoms with Crippen molar-refractivity contribution >= 4 is 43.9 Å². The summed E-state index contributed by atoms with van der Waals surface area (Å²) < 4.78 is 47.6. The second-order valence-corrected chi connectivity index (χ2v) is 9.79. The molecule has 0 aliphatic heterocycles. The second-order valence-electron chi connectivity index (χ2n) is 9.79. The maximum Gasteiger partial charge on any atom is 0.227 e. The minimum absolute atomic E-state index is 0.227. The first-order chi connectivity index (χ1) is 20.9. The standard InChI is InChI=1S/C35H22FN3O/c1-21-8-2-5-11-25(21)30-19-18-27-26-12-6-13-28(33(26)40-35(27)38-30)34-37-31-15-7-14-29(36)32(31)39(34)24-17-16-22-9-3-4-10-23(22)20-24/h2-20H,1H3/i1D3. The summed E-state index contributed by atoms with van der Waals surface area (Å²) in [6.07, 6.45) is 0. The van der Waals surface area contributed by atoms with E-state index in [-0.39, 0.29) is 11.4 Å². The van der Waals surface area contributed by atoms with E-state index >= 15 is 4.39 Å². The van der Waals surface area contributed by atoms with Crippen molar-refractivity contribution in [1.29, 1.82) is 0 Å². The van der Waals surface area contributed by atoms with Gasteiger partial charge in [-0.3, -0.25) is 4.57 Å². The molecule has 5 heteroatoms. The molecule has 0 bridgehead atoms. The predicted octanol–water partition coefficient (Wildman–Crippen LogP) is 9.25. The number of pyridine rings is 1. The third-order valence-corrected chi connectivity index (χ3v) is 7.43. The molecule has 0 amide bonds. The van der Waals surface area contributed by atoms with Crippen LogP contribution in [-0.2, 0) is 0 Å². The lowest BCUT2D eigenvalue weighted by Crippen LogP contribution is -1.99. The highest BCUT2D eigenvalue weighted by Crippen LogP contribution is 2.39. The van der Waals surface area contributed by atoms with Crippen molar-refractivity contribution in [2.45, 2.75) is 6.85 Å². The average molecular weight is 523 g/mol. The molecule has 0 aliphatic rings. The number of benzene rings is 5. The van der Waals surface area contributed by atoms with E-state index in [1.54, 1.807) is 36.4 Å². The van der Waals surface area contributed by atoms with E-state index < -0.39 is 6.85 Å². The number of rotatable bonds is 3. The van der Waals surface area contributed by atoms with Crippen LogP contribution in [0.4, 0.5) is 4.39 Å². The Bertz CT molecular complexity index is 2370. The molecule has 40 heavy (non-hydrogen) atoms. The smallest absolute Gasteiger partial charge is 0.227 e. The Morgan fingerprint density at radius 1 is 0.725 bits per heavy atom. The Kier molecular flexibility index (Phi) is 4.25. The van der Waals surface area contributed by atoms with Crippen LogP contribution in [-0.4, -0.2) is 14.5 Å². The highest BCUT2D eigenvalue weighted by Gasteiger charge is 2.22. The Morgan fingerprint density at radius 3 is 2.48 bits per heavy atom. The topological polar surface area (TPSA) is 43.9 Å². The molecule has 0 spiro atoms. The fourth-order valence-electron chi connectivity index (χ4n) is 5.54. The van der Waals surface area contributed by atoms with Gasteiger partial charge in [0, 0.05) is 26.1 Å². The Hall–Kier alpha value is -5.29. The normalized spacial score (nSPS) is 13.2. The molecule has 3 heterocycles. The van der Waals surface area contributed by atoms with Crippen molar-refractivity contribution < 1.29 is 12.9 Å². The number of furan rings is 1. The summed E-state index contributed by atoms with van der Waals surface area (Å²) in [6, 6.07) is 35.3. The molecule has 0 aliphatic carbocycles. The number of imidazole rings is 1. The lowest BCUT2D eigenvalue weighted by Gasteiger charge is -2.11. The van der Waals surface area contributed by atoms with Crippen LogP contribution in [0.25, 0.3) is 72.2 Å². The summed E-state index contributed by atoms with van der Waals surface area (Å²) in [5, 5.41) is 3.72. The molecule has 8 rings (SSSR count). The van der Waals surface area contributed by atoms with Crippen molar-refractivity contribution in [2.24, 2.45) is 0 Å². The van der Waals surface area contributed by atoms with Gasteiger partial charge in [0.2, 0.25) is 5.71 Å². The summed E-state index contributed by atoms with van der Waals surface area (Å²) in [5.74, 6) is 0.161. The number of fused-ring (bicyclic) bond motifs is 5.